The Balaban J connectivity index is -0.000000332. The van der Waals surface area contributed by atoms with Crippen LogP contribution in [-0.2, 0) is 12.6 Å². The summed E-state index contributed by atoms with van der Waals surface area (Å²) < 4.78 is 0. The van der Waals surface area contributed by atoms with E-state index in [0.29, 0.717) is 0 Å². The van der Waals surface area contributed by atoms with Gasteiger partial charge in [-0.2, -0.15) is 0 Å². The van der Waals surface area contributed by atoms with Crippen LogP contribution in [0.25, 0.3) is 0 Å². The molecule has 0 aromatic heterocycles. The van der Waals surface area contributed by atoms with E-state index in [2.05, 4.69) is 19.6 Å². The molecule has 0 fully saturated rings. The van der Waals surface area contributed by atoms with Crippen molar-refractivity contribution in [2.75, 3.05) is 5.75 Å². The summed E-state index contributed by atoms with van der Waals surface area (Å²) in [5.74, 6) is -1.68. The molecule has 0 saturated carbocycles. The van der Waals surface area contributed by atoms with E-state index in [0.717, 1.165) is 11.8 Å². The third kappa shape index (κ3) is 9.73. The zero-order valence-corrected chi connectivity index (χ0v) is 13.2. The molecule has 0 atom stereocenters. The van der Waals surface area contributed by atoms with Crippen LogP contribution < -0.4 is 10.2 Å². The SMILES string of the molecule is CCC[SH2+].O=C([O-])c1cccc(C(=O)[O-])c1.[Ca+2].[OH-]. The first-order chi connectivity index (χ1) is 7.52. The topological polar surface area (TPSA) is 110 Å². The van der Waals surface area contributed by atoms with Crippen molar-refractivity contribution in [3.63, 3.8) is 0 Å². The molecule has 0 aliphatic carbocycles. The van der Waals surface area contributed by atoms with Crippen molar-refractivity contribution in [2.45, 2.75) is 13.3 Å². The van der Waals surface area contributed by atoms with Crippen LogP contribution in [0.5, 0.6) is 0 Å². The molecule has 1 aromatic rings. The summed E-state index contributed by atoms with van der Waals surface area (Å²) in [4.78, 5) is 20.5. The number of carboxylic acid groups (broad SMARTS) is 2. The molecule has 0 bridgehead atoms. The Morgan fingerprint density at radius 2 is 1.50 bits per heavy atom. The van der Waals surface area contributed by atoms with E-state index in [1.165, 1.54) is 24.6 Å². The summed E-state index contributed by atoms with van der Waals surface area (Å²) in [7, 11) is 0. The first-order valence-electron chi connectivity index (χ1n) is 4.70. The van der Waals surface area contributed by atoms with Crippen molar-refractivity contribution in [1.29, 1.82) is 0 Å². The first-order valence-corrected chi connectivity index (χ1v) is 5.41. The predicted molar refractivity (Wildman–Crippen MR) is 68.1 cm³/mol. The maximum absolute atomic E-state index is 10.3. The minimum Gasteiger partial charge on any atom is -0.870 e. The Morgan fingerprint density at radius 1 is 1.17 bits per heavy atom. The Bertz CT molecular complexity index is 339. The molecule has 0 heterocycles. The van der Waals surface area contributed by atoms with E-state index in [9.17, 15) is 19.8 Å². The van der Waals surface area contributed by atoms with Crippen molar-refractivity contribution >= 4 is 62.3 Å². The fourth-order valence-electron chi connectivity index (χ4n) is 0.773. The van der Waals surface area contributed by atoms with E-state index in [1.807, 2.05) is 0 Å². The van der Waals surface area contributed by atoms with Gasteiger partial charge in [0, 0.05) is 0 Å². The number of carboxylic acids is 2. The van der Waals surface area contributed by atoms with Gasteiger partial charge in [0.15, 0.2) is 0 Å². The van der Waals surface area contributed by atoms with Crippen LogP contribution in [0.2, 0.25) is 0 Å². The normalized spacial score (nSPS) is 7.89. The predicted octanol–water partition coefficient (Wildman–Crippen LogP) is -1.74. The molecule has 0 aliphatic heterocycles. The van der Waals surface area contributed by atoms with Crippen LogP contribution >= 0.6 is 0 Å². The molecule has 18 heavy (non-hydrogen) atoms. The molecular weight excluding hydrogens is 284 g/mol. The fourth-order valence-corrected chi connectivity index (χ4v) is 0.773. The molecule has 1 aromatic carbocycles. The molecule has 96 valence electrons. The van der Waals surface area contributed by atoms with Gasteiger partial charge >= 0.3 is 37.7 Å². The number of carbonyl (C=O) groups is 2. The van der Waals surface area contributed by atoms with Crippen LogP contribution in [-0.4, -0.2) is 60.9 Å². The van der Waals surface area contributed by atoms with Gasteiger partial charge in [0.2, 0.25) is 0 Å². The van der Waals surface area contributed by atoms with Gasteiger partial charge in [-0.05, 0) is 36.2 Å². The summed E-state index contributed by atoms with van der Waals surface area (Å²) in [6.45, 7) is 2.13. The smallest absolute Gasteiger partial charge is 0.870 e. The minimum absolute atomic E-state index is 0. The average molecular weight is 298 g/mol. The van der Waals surface area contributed by atoms with Crippen LogP contribution in [0.1, 0.15) is 34.1 Å². The molecule has 0 amide bonds. The Morgan fingerprint density at radius 3 is 1.72 bits per heavy atom. The van der Waals surface area contributed by atoms with Gasteiger partial charge in [0.05, 0.1) is 11.9 Å². The molecule has 0 aliphatic rings. The second-order valence-electron chi connectivity index (χ2n) is 2.91. The third-order valence-corrected chi connectivity index (χ3v) is 2.08. The van der Waals surface area contributed by atoms with Crippen LogP contribution in [0, 0.1) is 0 Å². The average Bonchev–Trinajstić information content (AvgIpc) is 2.29. The minimum atomic E-state index is -1.40. The molecule has 0 unspecified atom stereocenters. The zero-order valence-electron chi connectivity index (χ0n) is 10.0. The standard InChI is InChI=1S/C8H6O4.C3H8S.Ca.H2O/c9-7(10)5-2-1-3-6(4-5)8(11)12;1-2-3-4;;/h1-4H,(H,9,10)(H,11,12);4H,2-3H2,1H3;;1H2/q;;+2;/p-2. The van der Waals surface area contributed by atoms with Crippen molar-refractivity contribution < 1.29 is 25.3 Å². The van der Waals surface area contributed by atoms with Crippen molar-refractivity contribution in [1.82, 2.24) is 0 Å². The van der Waals surface area contributed by atoms with E-state index >= 15 is 0 Å². The fraction of sp³-hybridized carbons (Fsp3) is 0.273. The quantitative estimate of drug-likeness (QED) is 0.486. The van der Waals surface area contributed by atoms with Crippen LogP contribution in [0.4, 0.5) is 0 Å². The van der Waals surface area contributed by atoms with Crippen LogP contribution in [0.3, 0.4) is 0 Å². The van der Waals surface area contributed by atoms with Gasteiger partial charge in [0.25, 0.3) is 0 Å². The van der Waals surface area contributed by atoms with Gasteiger partial charge < -0.3 is 25.3 Å². The second kappa shape index (κ2) is 13.2. The molecule has 1 N–H and O–H groups in total. The van der Waals surface area contributed by atoms with Gasteiger partial charge in [-0.1, -0.05) is 25.1 Å². The number of carbonyl (C=O) groups excluding carboxylic acids is 2. The largest absolute Gasteiger partial charge is 2.00 e. The van der Waals surface area contributed by atoms with Crippen molar-refractivity contribution in [3.05, 3.63) is 35.4 Å². The molecular formula is C11H14CaO5S. The summed E-state index contributed by atoms with van der Waals surface area (Å²) in [5, 5.41) is 20.5. The van der Waals surface area contributed by atoms with E-state index in [4.69, 9.17) is 0 Å². The Hall–Kier alpha value is -0.270. The van der Waals surface area contributed by atoms with E-state index in [1.54, 1.807) is 0 Å². The molecule has 7 heteroatoms. The first kappa shape index (κ1) is 22.9. The number of aromatic carboxylic acids is 2. The van der Waals surface area contributed by atoms with Gasteiger partial charge in [0.1, 0.15) is 5.75 Å². The van der Waals surface area contributed by atoms with Gasteiger partial charge in [-0.25, -0.2) is 0 Å². The Kier molecular flexibility index (Phi) is 16.7. The summed E-state index contributed by atoms with van der Waals surface area (Å²) in [5.41, 5.74) is -0.339. The van der Waals surface area contributed by atoms with E-state index < -0.39 is 11.9 Å². The monoisotopic (exact) mass is 298 g/mol. The maximum Gasteiger partial charge on any atom is 2.00 e. The summed E-state index contributed by atoms with van der Waals surface area (Å²) in [6, 6.07) is 4.81. The molecule has 1 rings (SSSR count). The number of hydrogen-bond acceptors (Lipinski definition) is 5. The van der Waals surface area contributed by atoms with Crippen molar-refractivity contribution in [3.8, 4) is 0 Å². The number of rotatable bonds is 3. The van der Waals surface area contributed by atoms with Gasteiger partial charge in [-0.3, -0.25) is 0 Å². The number of hydrogen-bond donors (Lipinski definition) is 0. The summed E-state index contributed by atoms with van der Waals surface area (Å²) in [6.07, 6.45) is 1.23. The van der Waals surface area contributed by atoms with Crippen molar-refractivity contribution in [2.24, 2.45) is 0 Å². The zero-order chi connectivity index (χ0) is 12.6. The molecule has 5 nitrogen and oxygen atoms in total. The molecule has 0 saturated heterocycles. The Labute approximate surface area is 141 Å². The number of benzene rings is 1. The van der Waals surface area contributed by atoms with E-state index in [-0.39, 0.29) is 54.3 Å². The molecule has 0 spiro atoms. The third-order valence-electron chi connectivity index (χ3n) is 1.58. The summed E-state index contributed by atoms with van der Waals surface area (Å²) >= 11 is 3.29. The molecule has 0 radical (unpaired) electrons. The van der Waals surface area contributed by atoms with Crippen LogP contribution in [0.15, 0.2) is 24.3 Å². The second-order valence-corrected chi connectivity index (χ2v) is 3.41. The van der Waals surface area contributed by atoms with Gasteiger partial charge in [-0.15, -0.1) is 0 Å². The maximum atomic E-state index is 10.3.